The molecule has 2 aliphatic carbocycles. The number of amides is 2. The van der Waals surface area contributed by atoms with Gasteiger partial charge in [-0.25, -0.2) is 4.79 Å². The van der Waals surface area contributed by atoms with Crippen molar-refractivity contribution in [2.24, 2.45) is 17.6 Å². The van der Waals surface area contributed by atoms with E-state index in [0.717, 1.165) is 50.7 Å². The Morgan fingerprint density at radius 1 is 1.24 bits per heavy atom. The van der Waals surface area contributed by atoms with Gasteiger partial charge in [-0.1, -0.05) is 44.9 Å². The first-order valence-corrected chi connectivity index (χ1v) is 11.5. The second-order valence-corrected chi connectivity index (χ2v) is 9.65. The molecule has 3 aliphatic rings. The lowest BCUT2D eigenvalue weighted by Crippen LogP contribution is -2.55. The third kappa shape index (κ3) is 4.25. The highest BCUT2D eigenvalue weighted by Crippen LogP contribution is 2.43. The van der Waals surface area contributed by atoms with Crippen LogP contribution < -0.4 is 10.5 Å². The number of ether oxygens (including phenoxy) is 1. The Kier molecular flexibility index (Phi) is 6.05. The largest absolute Gasteiger partial charge is 0.488 e. The van der Waals surface area contributed by atoms with Gasteiger partial charge < -0.3 is 20.5 Å². The van der Waals surface area contributed by atoms with Gasteiger partial charge in [-0.2, -0.15) is 0 Å². The summed E-state index contributed by atoms with van der Waals surface area (Å²) in [5, 5.41) is 10.2. The highest BCUT2D eigenvalue weighted by atomic mass is 16.5. The number of aliphatic hydroxyl groups is 1. The molecule has 3 N–H and O–H groups in total. The molecular weight excluding hydrogens is 364 g/mol. The Morgan fingerprint density at radius 3 is 2.83 bits per heavy atom. The molecule has 4 rings (SSSR count). The number of nitrogens with two attached hydrogens (primary N) is 1. The molecule has 0 spiro atoms. The first-order chi connectivity index (χ1) is 13.9. The summed E-state index contributed by atoms with van der Waals surface area (Å²) in [6.07, 6.45) is 7.71. The molecule has 0 bridgehead atoms. The number of aryl methyl sites for hydroxylation is 1. The van der Waals surface area contributed by atoms with E-state index in [1.807, 2.05) is 4.90 Å². The average molecular weight is 401 g/mol. The molecule has 2 fully saturated rings. The standard InChI is InChI=1S/C24H36N2O3/c1-15(2)20-7-3-6-17-10-12-19(29-23(17)20)14-26(24(25)28)22-8-4-5-16-9-11-18(27)13-21(16)22/h3,6-7,15-16,18-19,21-22,27H,4-5,8-14H2,1-2H3,(H2,25,28). The highest BCUT2D eigenvalue weighted by molar-refractivity contribution is 5.72. The number of primary amides is 1. The van der Waals surface area contributed by atoms with Gasteiger partial charge >= 0.3 is 6.03 Å². The van der Waals surface area contributed by atoms with Crippen LogP contribution in [0.15, 0.2) is 18.2 Å². The maximum atomic E-state index is 12.5. The van der Waals surface area contributed by atoms with E-state index in [0.29, 0.717) is 24.3 Å². The number of para-hydroxylation sites is 1. The van der Waals surface area contributed by atoms with Crippen molar-refractivity contribution in [1.29, 1.82) is 0 Å². The average Bonchev–Trinajstić information content (AvgIpc) is 2.70. The van der Waals surface area contributed by atoms with E-state index in [9.17, 15) is 9.90 Å². The maximum Gasteiger partial charge on any atom is 0.315 e. The fourth-order valence-corrected chi connectivity index (χ4v) is 5.94. The summed E-state index contributed by atoms with van der Waals surface area (Å²) in [5.41, 5.74) is 8.39. The Morgan fingerprint density at radius 2 is 2.07 bits per heavy atom. The molecule has 1 aromatic rings. The van der Waals surface area contributed by atoms with Crippen molar-refractivity contribution < 1.29 is 14.6 Å². The van der Waals surface area contributed by atoms with Crippen LogP contribution in [0.25, 0.3) is 0 Å². The summed E-state index contributed by atoms with van der Waals surface area (Å²) < 4.78 is 6.45. The fraction of sp³-hybridized carbons (Fsp3) is 0.708. The summed E-state index contributed by atoms with van der Waals surface area (Å²) in [7, 11) is 0. The number of benzene rings is 1. The summed E-state index contributed by atoms with van der Waals surface area (Å²) in [5.74, 6) is 2.39. The summed E-state index contributed by atoms with van der Waals surface area (Å²) in [6, 6.07) is 6.20. The van der Waals surface area contributed by atoms with E-state index in [4.69, 9.17) is 10.5 Å². The third-order valence-corrected chi connectivity index (χ3v) is 7.44. The number of urea groups is 1. The van der Waals surface area contributed by atoms with Crippen LogP contribution in [-0.2, 0) is 6.42 Å². The number of carbonyl (C=O) groups is 1. The normalized spacial score (nSPS) is 31.5. The number of aliphatic hydroxyl groups excluding tert-OH is 1. The Balaban J connectivity index is 1.51. The molecule has 2 amide bonds. The second-order valence-electron chi connectivity index (χ2n) is 9.65. The molecule has 1 heterocycles. The highest BCUT2D eigenvalue weighted by Gasteiger charge is 2.42. The van der Waals surface area contributed by atoms with Crippen molar-refractivity contribution >= 4 is 6.03 Å². The van der Waals surface area contributed by atoms with Crippen molar-refractivity contribution in [1.82, 2.24) is 4.90 Å². The van der Waals surface area contributed by atoms with Crippen molar-refractivity contribution in [3.63, 3.8) is 0 Å². The zero-order valence-electron chi connectivity index (χ0n) is 17.8. The molecular formula is C24H36N2O3. The van der Waals surface area contributed by atoms with Crippen molar-refractivity contribution in [2.45, 2.75) is 89.4 Å². The van der Waals surface area contributed by atoms with Gasteiger partial charge in [-0.3, -0.25) is 0 Å². The number of nitrogens with zero attached hydrogens (tertiary/aromatic N) is 1. The van der Waals surface area contributed by atoms with E-state index in [1.54, 1.807) is 0 Å². The molecule has 5 heteroatoms. The van der Waals surface area contributed by atoms with Gasteiger partial charge in [0, 0.05) is 6.04 Å². The molecule has 2 saturated carbocycles. The van der Waals surface area contributed by atoms with Crippen molar-refractivity contribution in [2.75, 3.05) is 6.54 Å². The first-order valence-electron chi connectivity index (χ1n) is 11.5. The molecule has 5 unspecified atom stereocenters. The number of rotatable bonds is 4. The van der Waals surface area contributed by atoms with E-state index in [-0.39, 0.29) is 24.3 Å². The van der Waals surface area contributed by atoms with Gasteiger partial charge in [0.15, 0.2) is 0 Å². The van der Waals surface area contributed by atoms with E-state index >= 15 is 0 Å². The Bertz CT molecular complexity index is 735. The van der Waals surface area contributed by atoms with Crippen molar-refractivity contribution in [3.05, 3.63) is 29.3 Å². The number of fused-ring (bicyclic) bond motifs is 2. The second kappa shape index (κ2) is 8.55. The van der Waals surface area contributed by atoms with Crippen LogP contribution in [0.3, 0.4) is 0 Å². The molecule has 0 aromatic heterocycles. The van der Waals surface area contributed by atoms with E-state index in [1.165, 1.54) is 17.5 Å². The molecule has 0 radical (unpaired) electrons. The quantitative estimate of drug-likeness (QED) is 0.795. The van der Waals surface area contributed by atoms with E-state index in [2.05, 4.69) is 32.0 Å². The zero-order chi connectivity index (χ0) is 20.5. The smallest absolute Gasteiger partial charge is 0.315 e. The lowest BCUT2D eigenvalue weighted by molar-refractivity contribution is -0.00522. The molecule has 160 valence electrons. The van der Waals surface area contributed by atoms with Gasteiger partial charge in [-0.05, 0) is 67.4 Å². The SMILES string of the molecule is CC(C)c1cccc2c1OC(CN(C(N)=O)C1CCCC3CCC(O)CC31)CC2. The van der Waals surface area contributed by atoms with Crippen LogP contribution in [0.5, 0.6) is 5.75 Å². The maximum absolute atomic E-state index is 12.5. The Hall–Kier alpha value is -1.75. The predicted molar refractivity (Wildman–Crippen MR) is 114 cm³/mol. The van der Waals surface area contributed by atoms with Crippen LogP contribution in [0.4, 0.5) is 4.79 Å². The molecule has 1 aliphatic heterocycles. The van der Waals surface area contributed by atoms with Gasteiger partial charge in [0.2, 0.25) is 0 Å². The lowest BCUT2D eigenvalue weighted by atomic mass is 9.67. The first kappa shape index (κ1) is 20.5. The minimum absolute atomic E-state index is 0.0243. The van der Waals surface area contributed by atoms with Gasteiger partial charge in [0.1, 0.15) is 11.9 Å². The molecule has 5 atom stereocenters. The van der Waals surface area contributed by atoms with Gasteiger partial charge in [-0.15, -0.1) is 0 Å². The molecule has 1 aromatic carbocycles. The van der Waals surface area contributed by atoms with Crippen LogP contribution in [0.1, 0.15) is 75.8 Å². The molecule has 0 saturated heterocycles. The molecule has 29 heavy (non-hydrogen) atoms. The summed E-state index contributed by atoms with van der Waals surface area (Å²) in [6.45, 7) is 4.93. The monoisotopic (exact) mass is 400 g/mol. The van der Waals surface area contributed by atoms with E-state index < -0.39 is 0 Å². The topological polar surface area (TPSA) is 75.8 Å². The lowest BCUT2D eigenvalue weighted by Gasteiger charge is -2.47. The number of carbonyl (C=O) groups excluding carboxylic acids is 1. The van der Waals surface area contributed by atoms with Gasteiger partial charge in [0.05, 0.1) is 12.6 Å². The number of hydrogen-bond donors (Lipinski definition) is 2. The Labute approximate surface area is 174 Å². The van der Waals surface area contributed by atoms with Crippen LogP contribution in [0.2, 0.25) is 0 Å². The minimum atomic E-state index is -0.345. The third-order valence-electron chi connectivity index (χ3n) is 7.44. The predicted octanol–water partition coefficient (Wildman–Crippen LogP) is 4.21. The summed E-state index contributed by atoms with van der Waals surface area (Å²) >= 11 is 0. The zero-order valence-corrected chi connectivity index (χ0v) is 17.8. The van der Waals surface area contributed by atoms with Crippen molar-refractivity contribution in [3.8, 4) is 5.75 Å². The van der Waals surface area contributed by atoms with Gasteiger partial charge in [0.25, 0.3) is 0 Å². The van der Waals surface area contributed by atoms with Crippen LogP contribution >= 0.6 is 0 Å². The van der Waals surface area contributed by atoms with Crippen LogP contribution in [0, 0.1) is 11.8 Å². The number of hydrogen-bond acceptors (Lipinski definition) is 3. The fourth-order valence-electron chi connectivity index (χ4n) is 5.94. The minimum Gasteiger partial charge on any atom is -0.488 e. The summed E-state index contributed by atoms with van der Waals surface area (Å²) in [4.78, 5) is 14.4. The van der Waals surface area contributed by atoms with Crippen LogP contribution in [-0.4, -0.2) is 40.8 Å². The molecule has 5 nitrogen and oxygen atoms in total.